The molecule has 3 aliphatic carbocycles. The third kappa shape index (κ3) is 2.86. The molecule has 2 saturated heterocycles. The molecule has 170 valence electrons. The average Bonchev–Trinajstić information content (AvgIpc) is 3.10. The average molecular weight is 468 g/mol. The number of hydrogen-bond donors (Lipinski definition) is 2. The van der Waals surface area contributed by atoms with Gasteiger partial charge in [0, 0.05) is 24.9 Å². The van der Waals surface area contributed by atoms with Gasteiger partial charge in [-0.3, -0.25) is 24.4 Å². The fraction of sp³-hybridized carbons (Fsp3) is 0.625. The highest BCUT2D eigenvalue weighted by Gasteiger charge is 2.69. The summed E-state index contributed by atoms with van der Waals surface area (Å²) >= 11 is 0. The van der Waals surface area contributed by atoms with Crippen LogP contribution in [0.5, 0.6) is 0 Å². The topological polar surface area (TPSA) is 159 Å². The van der Waals surface area contributed by atoms with Crippen LogP contribution in [0.4, 0.5) is 13.2 Å². The van der Waals surface area contributed by atoms with Crippen LogP contribution < -0.4 is 0 Å². The Labute approximate surface area is 172 Å². The van der Waals surface area contributed by atoms with Gasteiger partial charge in [0.15, 0.2) is 0 Å². The third-order valence-corrected chi connectivity index (χ3v) is 7.36. The Balaban J connectivity index is 1.63. The second kappa shape index (κ2) is 6.82. The Morgan fingerprint density at radius 2 is 1.39 bits per heavy atom. The molecule has 31 heavy (non-hydrogen) atoms. The van der Waals surface area contributed by atoms with Crippen LogP contribution >= 0.6 is 0 Å². The van der Waals surface area contributed by atoms with E-state index in [1.807, 2.05) is 0 Å². The molecular formula is C16H15F3N2O9S. The molecule has 2 aliphatic heterocycles. The van der Waals surface area contributed by atoms with Gasteiger partial charge in [-0.25, -0.2) is 13.2 Å². The number of halogens is 3. The van der Waals surface area contributed by atoms with Gasteiger partial charge in [-0.15, -0.1) is 9.35 Å². The first-order chi connectivity index (χ1) is 14.3. The van der Waals surface area contributed by atoms with Crippen molar-refractivity contribution in [2.24, 2.45) is 35.5 Å². The lowest BCUT2D eigenvalue weighted by molar-refractivity contribution is -0.173. The molecule has 0 radical (unpaired) electrons. The van der Waals surface area contributed by atoms with Gasteiger partial charge in [0.1, 0.15) is 0 Å². The quantitative estimate of drug-likeness (QED) is 0.282. The summed E-state index contributed by atoms with van der Waals surface area (Å²) in [6.45, 7) is -1.24. The monoisotopic (exact) mass is 468 g/mol. The van der Waals surface area contributed by atoms with Gasteiger partial charge in [0.2, 0.25) is 0 Å². The molecule has 5 rings (SSSR count). The number of aliphatic hydroxyl groups is 1. The smallest absolute Gasteiger partial charge is 0.327 e. The van der Waals surface area contributed by atoms with Crippen molar-refractivity contribution < 1.29 is 55.4 Å². The number of hydrogen-bond acceptors (Lipinski definition) is 9. The van der Waals surface area contributed by atoms with E-state index in [2.05, 4.69) is 4.28 Å². The van der Waals surface area contributed by atoms with Crippen LogP contribution in [0.25, 0.3) is 0 Å². The van der Waals surface area contributed by atoms with Crippen molar-refractivity contribution in [3.05, 3.63) is 12.2 Å². The third-order valence-electron chi connectivity index (χ3n) is 6.16. The van der Waals surface area contributed by atoms with E-state index in [9.17, 15) is 46.0 Å². The van der Waals surface area contributed by atoms with E-state index in [0.29, 0.717) is 0 Å². The minimum absolute atomic E-state index is 0.0893. The van der Waals surface area contributed by atoms with Crippen LogP contribution in [-0.2, 0) is 33.6 Å². The van der Waals surface area contributed by atoms with Crippen molar-refractivity contribution in [1.82, 2.24) is 10.1 Å². The number of carbonyl (C=O) groups is 4. The van der Waals surface area contributed by atoms with Crippen LogP contribution in [0.2, 0.25) is 0 Å². The molecule has 15 heteroatoms. The second-order valence-electron chi connectivity index (χ2n) is 7.72. The highest BCUT2D eigenvalue weighted by Crippen LogP contribution is 2.57. The molecule has 2 heterocycles. The lowest BCUT2D eigenvalue weighted by atomic mass is 9.54. The lowest BCUT2D eigenvalue weighted by Gasteiger charge is -2.44. The minimum Gasteiger partial charge on any atom is -0.396 e. The van der Waals surface area contributed by atoms with Gasteiger partial charge in [-0.1, -0.05) is 12.2 Å². The van der Waals surface area contributed by atoms with Gasteiger partial charge in [-0.2, -0.15) is 13.5 Å². The van der Waals surface area contributed by atoms with E-state index < -0.39 is 93.7 Å². The molecule has 0 aromatic carbocycles. The van der Waals surface area contributed by atoms with E-state index in [4.69, 9.17) is 5.11 Å². The molecule has 0 aromatic heterocycles. The number of aliphatic hydroxyl groups excluding tert-OH is 1. The predicted octanol–water partition coefficient (Wildman–Crippen LogP) is -1.03. The maximum Gasteiger partial charge on any atom is 0.327 e. The number of carbonyl (C=O) groups excluding carboxylic acids is 4. The lowest BCUT2D eigenvalue weighted by Crippen LogP contribution is -2.50. The van der Waals surface area contributed by atoms with Crippen LogP contribution in [-0.4, -0.2) is 70.5 Å². The number of amides is 4. The fourth-order valence-electron chi connectivity index (χ4n) is 4.87. The Morgan fingerprint density at radius 3 is 1.81 bits per heavy atom. The first-order valence-electron chi connectivity index (χ1n) is 9.04. The van der Waals surface area contributed by atoms with Gasteiger partial charge < -0.3 is 5.11 Å². The molecule has 1 saturated carbocycles. The molecule has 11 nitrogen and oxygen atoms in total. The Hall–Kier alpha value is -2.36. The predicted molar refractivity (Wildman–Crippen MR) is 87.1 cm³/mol. The number of hydroxylamine groups is 4. The minimum atomic E-state index is -5.84. The van der Waals surface area contributed by atoms with Crippen molar-refractivity contribution in [1.29, 1.82) is 0 Å². The molecule has 2 bridgehead atoms. The second-order valence-corrected chi connectivity index (χ2v) is 9.27. The van der Waals surface area contributed by atoms with Crippen molar-refractivity contribution in [3.8, 4) is 0 Å². The molecule has 7 atom stereocenters. The summed E-state index contributed by atoms with van der Waals surface area (Å²) in [5.74, 6) is -16.4. The largest absolute Gasteiger partial charge is 0.396 e. The summed E-state index contributed by atoms with van der Waals surface area (Å²) in [5, 5.41) is 17.8. The van der Waals surface area contributed by atoms with E-state index in [1.165, 1.54) is 12.2 Å². The molecule has 0 aromatic rings. The van der Waals surface area contributed by atoms with Gasteiger partial charge in [0.25, 0.3) is 35.1 Å². The summed E-state index contributed by atoms with van der Waals surface area (Å²) in [6.07, 6.45) is 1.21. The van der Waals surface area contributed by atoms with Gasteiger partial charge in [0.05, 0.1) is 23.7 Å². The molecule has 3 fully saturated rings. The zero-order valence-electron chi connectivity index (χ0n) is 15.3. The van der Waals surface area contributed by atoms with Crippen molar-refractivity contribution in [3.63, 3.8) is 0 Å². The molecule has 2 N–H and O–H groups in total. The number of rotatable bonds is 6. The summed E-state index contributed by atoms with van der Waals surface area (Å²) in [5.41, 5.74) is -3.98. The molecule has 7 unspecified atom stereocenters. The number of nitrogens with zero attached hydrogens (tertiary/aromatic N) is 2. The first kappa shape index (κ1) is 21.9. The number of imide groups is 2. The van der Waals surface area contributed by atoms with Gasteiger partial charge >= 0.3 is 10.1 Å². The maximum atomic E-state index is 14.0. The summed E-state index contributed by atoms with van der Waals surface area (Å²) in [6, 6.07) is 0. The van der Waals surface area contributed by atoms with Crippen molar-refractivity contribution in [2.45, 2.75) is 17.8 Å². The van der Waals surface area contributed by atoms with Crippen molar-refractivity contribution in [2.75, 3.05) is 6.61 Å². The zero-order chi connectivity index (χ0) is 23.0. The molecule has 0 spiro atoms. The highest BCUT2D eigenvalue weighted by atomic mass is 32.2. The molecular weight excluding hydrogens is 453 g/mol. The van der Waals surface area contributed by atoms with Crippen LogP contribution in [0.15, 0.2) is 12.2 Å². The molecule has 5 aliphatic rings. The fourth-order valence-corrected chi connectivity index (χ4v) is 5.84. The maximum absolute atomic E-state index is 14.0. The Kier molecular flexibility index (Phi) is 4.81. The summed E-state index contributed by atoms with van der Waals surface area (Å²) in [4.78, 5) is 49.9. The van der Waals surface area contributed by atoms with E-state index >= 15 is 0 Å². The van der Waals surface area contributed by atoms with Crippen LogP contribution in [0.1, 0.15) is 6.42 Å². The summed E-state index contributed by atoms with van der Waals surface area (Å²) < 4.78 is 69.2. The van der Waals surface area contributed by atoms with Crippen LogP contribution in [0, 0.1) is 35.5 Å². The normalized spacial score (nSPS) is 35.8. The van der Waals surface area contributed by atoms with E-state index in [1.54, 1.807) is 0 Å². The SMILES string of the molecule is O=C1C2C3C=CC(C2C(=O)N1O)C1C(=O)N(OS(=O)(=O)C(F)C(F)(F)CCO)C(=O)C31. The number of allylic oxidation sites excluding steroid dienone is 2. The number of alkyl halides is 3. The Morgan fingerprint density at radius 1 is 0.968 bits per heavy atom. The van der Waals surface area contributed by atoms with E-state index in [0.717, 1.165) is 0 Å². The Bertz CT molecular complexity index is 966. The van der Waals surface area contributed by atoms with E-state index in [-0.39, 0.29) is 10.1 Å². The zero-order valence-corrected chi connectivity index (χ0v) is 16.1. The van der Waals surface area contributed by atoms with Crippen molar-refractivity contribution >= 4 is 33.7 Å². The molecule has 4 amide bonds. The first-order valence-corrected chi connectivity index (χ1v) is 10.5. The highest BCUT2D eigenvalue weighted by molar-refractivity contribution is 7.87. The van der Waals surface area contributed by atoms with Crippen LogP contribution in [0.3, 0.4) is 0 Å². The van der Waals surface area contributed by atoms with Gasteiger partial charge in [-0.05, 0) is 0 Å². The summed E-state index contributed by atoms with van der Waals surface area (Å²) in [7, 11) is -5.84. The standard InChI is InChI=1S/C16H15F3N2O9S/c17-15(16(18,19)3-4-22)31(28,29)30-21-13(25)9-5-1-2-6(10(9)14(21)26)8-7(5)11(23)20(27)12(8)24/h1-2,5-10,15,22,27H,3-4H2.